The number of ketones is 1. The lowest BCUT2D eigenvalue weighted by Gasteiger charge is -2.21. The molecule has 2 heterocycles. The molecule has 1 aromatic carbocycles. The fourth-order valence-corrected chi connectivity index (χ4v) is 4.12. The highest BCUT2D eigenvalue weighted by Gasteiger charge is 2.18. The number of nitrogens with zero attached hydrogens (tertiary/aromatic N) is 2. The number of fused-ring (bicyclic) bond motifs is 1. The Hall–Kier alpha value is -2.30. The Labute approximate surface area is 206 Å². The number of unbranched alkanes of at least 4 members (excludes halogenated alkanes) is 2. The van der Waals surface area contributed by atoms with Crippen molar-refractivity contribution in [2.45, 2.75) is 59.3 Å². The van der Waals surface area contributed by atoms with Crippen LogP contribution in [0.1, 0.15) is 75.9 Å². The van der Waals surface area contributed by atoms with Crippen LogP contribution in [0.15, 0.2) is 54.7 Å². The number of aromatic nitrogens is 1. The Kier molecular flexibility index (Phi) is 11.5. The van der Waals surface area contributed by atoms with Gasteiger partial charge in [0, 0.05) is 23.8 Å². The predicted octanol–water partition coefficient (Wildman–Crippen LogP) is 3.52. The van der Waals surface area contributed by atoms with E-state index in [4.69, 9.17) is 4.74 Å². The standard InChI is InChI=1S/C28H38N2O2.ClH/c1-4-7-17-29(18-8-5-2)19-11-21-32-26-15-13-24(14-16-26)28(31)27-23(6-3)22-25-12-9-10-20-30(25)27;/h9-10,12-16,20,22H,4-8,11,17-19,21H2,1-3H3;1H. The van der Waals surface area contributed by atoms with Crippen LogP contribution in [-0.4, -0.2) is 41.3 Å². The molecule has 0 amide bonds. The summed E-state index contributed by atoms with van der Waals surface area (Å²) >= 11 is 0. The molecule has 0 N–H and O–H groups in total. The predicted molar refractivity (Wildman–Crippen MR) is 134 cm³/mol. The smallest absolute Gasteiger partial charge is 1.00 e. The van der Waals surface area contributed by atoms with Gasteiger partial charge in [-0.2, -0.15) is 0 Å². The van der Waals surface area contributed by atoms with Gasteiger partial charge in [0.15, 0.2) is 0 Å². The second-order valence-corrected chi connectivity index (χ2v) is 8.47. The number of carbonyl (C=O) groups is 1. The largest absolute Gasteiger partial charge is 1.00 e. The van der Waals surface area contributed by atoms with Gasteiger partial charge < -0.3 is 26.4 Å². The summed E-state index contributed by atoms with van der Waals surface area (Å²) in [6.45, 7) is 10.7. The summed E-state index contributed by atoms with van der Waals surface area (Å²) in [5.41, 5.74) is 3.59. The molecule has 0 fully saturated rings. The van der Waals surface area contributed by atoms with E-state index in [2.05, 4.69) is 31.7 Å². The first-order chi connectivity index (χ1) is 15.7. The third kappa shape index (κ3) is 7.35. The number of halogens is 1. The van der Waals surface area contributed by atoms with E-state index in [1.165, 1.54) is 38.8 Å². The highest BCUT2D eigenvalue weighted by molar-refractivity contribution is 6.09. The van der Waals surface area contributed by atoms with E-state index in [1.807, 2.05) is 53.1 Å². The molecule has 3 rings (SSSR count). The van der Waals surface area contributed by atoms with Crippen molar-refractivity contribution >= 4 is 11.3 Å². The number of ether oxygens (including phenoxy) is 1. The summed E-state index contributed by atoms with van der Waals surface area (Å²) in [4.78, 5) is 15.8. The Balaban J connectivity index is 0.00000289. The lowest BCUT2D eigenvalue weighted by Crippen LogP contribution is -3.00. The van der Waals surface area contributed by atoms with Crippen LogP contribution in [0.3, 0.4) is 0 Å². The zero-order valence-corrected chi connectivity index (χ0v) is 21.1. The van der Waals surface area contributed by atoms with Gasteiger partial charge in [-0.15, -0.1) is 0 Å². The number of carbonyl (C=O) groups excluding carboxylic acids is 1. The van der Waals surface area contributed by atoms with Gasteiger partial charge in [-0.3, -0.25) is 4.79 Å². The zero-order valence-electron chi connectivity index (χ0n) is 21.4. The molecule has 0 spiro atoms. The lowest BCUT2D eigenvalue weighted by molar-refractivity contribution is -0.0000145. The Morgan fingerprint density at radius 3 is 2.24 bits per heavy atom. The molecular weight excluding hydrogens is 432 g/mol. The van der Waals surface area contributed by atoms with E-state index in [0.717, 1.165) is 41.9 Å². The summed E-state index contributed by atoms with van der Waals surface area (Å²) in [7, 11) is 0. The molecule has 0 saturated heterocycles. The Bertz CT molecular complexity index is 980. The molecule has 2 aromatic heterocycles. The summed E-state index contributed by atoms with van der Waals surface area (Å²) in [5, 5.41) is 0. The van der Waals surface area contributed by atoms with Gasteiger partial charge in [-0.25, -0.2) is 0 Å². The van der Waals surface area contributed by atoms with Crippen molar-refractivity contribution in [3.05, 3.63) is 71.5 Å². The molecule has 0 aliphatic carbocycles. The van der Waals surface area contributed by atoms with Gasteiger partial charge in [0.2, 0.25) is 5.78 Å². The van der Waals surface area contributed by atoms with Crippen LogP contribution >= 0.6 is 0 Å². The molecule has 0 aliphatic rings. The molecule has 33 heavy (non-hydrogen) atoms. The summed E-state index contributed by atoms with van der Waals surface area (Å²) in [5.74, 6) is 0.882. The number of hydrogen-bond donors (Lipinski definition) is 0. The minimum absolute atomic E-state index is 0. The third-order valence-corrected chi connectivity index (χ3v) is 6.01. The third-order valence-electron chi connectivity index (χ3n) is 6.01. The second-order valence-electron chi connectivity index (χ2n) is 8.47. The van der Waals surface area contributed by atoms with Gasteiger partial charge in [-0.1, -0.05) is 39.7 Å². The molecule has 0 aliphatic heterocycles. The van der Waals surface area contributed by atoms with Crippen molar-refractivity contribution in [2.24, 2.45) is 0 Å². The van der Waals surface area contributed by atoms with Crippen molar-refractivity contribution in [1.82, 2.24) is 9.30 Å². The number of pyridine rings is 1. The molecule has 4 nitrogen and oxygen atoms in total. The number of aryl methyl sites for hydroxylation is 1. The molecular formula is C28H39ClN2O2. The molecule has 0 bridgehead atoms. The molecule has 0 radical (unpaired) electrons. The van der Waals surface area contributed by atoms with Gasteiger partial charge in [-0.05, 0) is 86.8 Å². The Morgan fingerprint density at radius 2 is 1.61 bits per heavy atom. The maximum absolute atomic E-state index is 13.3. The van der Waals surface area contributed by atoms with E-state index in [0.29, 0.717) is 12.2 Å². The van der Waals surface area contributed by atoms with Crippen LogP contribution in [-0.2, 0) is 6.42 Å². The first-order valence-corrected chi connectivity index (χ1v) is 12.3. The highest BCUT2D eigenvalue weighted by Crippen LogP contribution is 2.22. The van der Waals surface area contributed by atoms with Crippen LogP contribution in [0.5, 0.6) is 5.75 Å². The summed E-state index contributed by atoms with van der Waals surface area (Å²) in [6.07, 6.45) is 8.81. The molecule has 5 heteroatoms. The molecule has 0 saturated carbocycles. The van der Waals surface area contributed by atoms with Crippen LogP contribution < -0.4 is 17.1 Å². The summed E-state index contributed by atoms with van der Waals surface area (Å²) < 4.78 is 7.96. The average molecular weight is 471 g/mol. The molecule has 0 unspecified atom stereocenters. The quantitative estimate of drug-likeness (QED) is 0.267. The van der Waals surface area contributed by atoms with Crippen molar-refractivity contribution in [3.8, 4) is 5.75 Å². The normalized spacial score (nSPS) is 11.0. The van der Waals surface area contributed by atoms with Gasteiger partial charge in [0.25, 0.3) is 0 Å². The fraction of sp³-hybridized carbons (Fsp3) is 0.464. The van der Waals surface area contributed by atoms with Crippen LogP contribution in [0.2, 0.25) is 0 Å². The van der Waals surface area contributed by atoms with Crippen molar-refractivity contribution in [2.75, 3.05) is 26.2 Å². The maximum Gasteiger partial charge on any atom is 1.00 e. The molecule has 180 valence electrons. The highest BCUT2D eigenvalue weighted by atomic mass is 35.5. The maximum atomic E-state index is 13.3. The van der Waals surface area contributed by atoms with Crippen LogP contribution in [0.25, 0.3) is 5.52 Å². The van der Waals surface area contributed by atoms with Crippen molar-refractivity contribution in [3.63, 3.8) is 0 Å². The monoisotopic (exact) mass is 470 g/mol. The van der Waals surface area contributed by atoms with E-state index in [-0.39, 0.29) is 19.6 Å². The minimum atomic E-state index is 0. The SMILES string of the molecule is CCCCN(CCCC)CCCOc1ccc(C(=O)c2c(CC)cc3ccccn23)cc1.[Cl-].[H+]. The van der Waals surface area contributed by atoms with E-state index in [9.17, 15) is 4.79 Å². The van der Waals surface area contributed by atoms with Crippen LogP contribution in [0.4, 0.5) is 0 Å². The molecule has 0 atom stereocenters. The first-order valence-electron chi connectivity index (χ1n) is 12.3. The van der Waals surface area contributed by atoms with Gasteiger partial charge >= 0.3 is 1.43 Å². The van der Waals surface area contributed by atoms with E-state index >= 15 is 0 Å². The van der Waals surface area contributed by atoms with Crippen molar-refractivity contribution < 1.29 is 23.4 Å². The topological polar surface area (TPSA) is 34.0 Å². The minimum Gasteiger partial charge on any atom is -1.00 e. The number of hydrogen-bond acceptors (Lipinski definition) is 3. The zero-order chi connectivity index (χ0) is 22.8. The van der Waals surface area contributed by atoms with Gasteiger partial charge in [0.1, 0.15) is 5.75 Å². The average Bonchev–Trinajstić information content (AvgIpc) is 3.21. The lowest BCUT2D eigenvalue weighted by atomic mass is 10.0. The fourth-order valence-electron chi connectivity index (χ4n) is 4.12. The summed E-state index contributed by atoms with van der Waals surface area (Å²) in [6, 6.07) is 15.7. The molecule has 3 aromatic rings. The number of benzene rings is 1. The van der Waals surface area contributed by atoms with Crippen LogP contribution in [0, 0.1) is 0 Å². The van der Waals surface area contributed by atoms with Gasteiger partial charge in [0.05, 0.1) is 12.3 Å². The van der Waals surface area contributed by atoms with Crippen molar-refractivity contribution in [1.29, 1.82) is 0 Å². The Morgan fingerprint density at radius 1 is 0.939 bits per heavy atom. The number of rotatable bonds is 14. The van der Waals surface area contributed by atoms with E-state index in [1.54, 1.807) is 0 Å². The first kappa shape index (κ1) is 26.9. The second kappa shape index (κ2) is 14.1. The van der Waals surface area contributed by atoms with E-state index < -0.39 is 0 Å².